The maximum atomic E-state index is 4.56. The molecule has 1 aliphatic carbocycles. The smallest absolute Gasteiger partial charge is 0.116 e. The van der Waals surface area contributed by atoms with E-state index < -0.39 is 0 Å². The van der Waals surface area contributed by atoms with Gasteiger partial charge >= 0.3 is 0 Å². The third kappa shape index (κ3) is 3.17. The van der Waals surface area contributed by atoms with E-state index in [1.54, 1.807) is 6.20 Å². The van der Waals surface area contributed by atoms with Gasteiger partial charge in [0.1, 0.15) is 5.69 Å². The van der Waals surface area contributed by atoms with Gasteiger partial charge < -0.3 is 10.3 Å². The lowest BCUT2D eigenvalue weighted by Gasteiger charge is -2.28. The van der Waals surface area contributed by atoms with Crippen LogP contribution in [0.1, 0.15) is 19.3 Å². The van der Waals surface area contributed by atoms with E-state index in [4.69, 9.17) is 0 Å². The van der Waals surface area contributed by atoms with Crippen LogP contribution in [0.3, 0.4) is 0 Å². The summed E-state index contributed by atoms with van der Waals surface area (Å²) in [6.07, 6.45) is 9.29. The van der Waals surface area contributed by atoms with Gasteiger partial charge in [0.2, 0.25) is 0 Å². The van der Waals surface area contributed by atoms with E-state index in [1.807, 2.05) is 30.6 Å². The number of allylic oxidation sites excluding steroid dienone is 1. The van der Waals surface area contributed by atoms with Crippen LogP contribution in [0.4, 0.5) is 5.69 Å². The van der Waals surface area contributed by atoms with Gasteiger partial charge in [-0.15, -0.1) is 0 Å². The first-order valence-corrected chi connectivity index (χ1v) is 10.6. The summed E-state index contributed by atoms with van der Waals surface area (Å²) in [5, 5.41) is 12.2. The molecule has 4 heterocycles. The molecule has 0 radical (unpaired) electrons. The summed E-state index contributed by atoms with van der Waals surface area (Å²) >= 11 is 0. The fourth-order valence-corrected chi connectivity index (χ4v) is 4.19. The van der Waals surface area contributed by atoms with Crippen molar-refractivity contribution in [1.82, 2.24) is 25.1 Å². The molecule has 5 aromatic rings. The van der Waals surface area contributed by atoms with E-state index in [0.717, 1.165) is 55.8 Å². The van der Waals surface area contributed by atoms with Crippen LogP contribution in [0, 0.1) is 5.92 Å². The highest BCUT2D eigenvalue weighted by Crippen LogP contribution is 2.34. The highest BCUT2D eigenvalue weighted by molar-refractivity contribution is 5.97. The molecule has 0 bridgehead atoms. The Morgan fingerprint density at radius 3 is 2.81 bits per heavy atom. The Balaban J connectivity index is 1.37. The molecule has 6 nitrogen and oxygen atoms in total. The molecule has 0 aliphatic heterocycles. The molecule has 0 saturated heterocycles. The van der Waals surface area contributed by atoms with Gasteiger partial charge in [0.25, 0.3) is 0 Å². The predicted molar refractivity (Wildman–Crippen MR) is 125 cm³/mol. The number of hydrogen-bond acceptors (Lipinski definition) is 4. The number of H-pyrrole nitrogens is 2. The molecule has 0 spiro atoms. The summed E-state index contributed by atoms with van der Waals surface area (Å²) in [5.41, 5.74) is 8.96. The Labute approximate surface area is 179 Å². The van der Waals surface area contributed by atoms with Gasteiger partial charge in [-0.25, -0.2) is 0 Å². The SMILES string of the molecule is C=C(Nc1cncc(-c2ccc3[nH]nc(-c4cc5ncccc5[nH]4)c3c2)c1)C1CCC1. The second-order valence-corrected chi connectivity index (χ2v) is 8.19. The number of aromatic nitrogens is 5. The topological polar surface area (TPSA) is 82.3 Å². The standard InChI is InChI=1S/C25H22N6/c1-15(16-4-2-5-16)28-19-10-18(13-26-14-19)17-7-8-21-20(11-17)25(31-30-21)24-12-23-22(29-24)6-3-9-27-23/h3,6-14,16,28-29H,1-2,4-5H2,(H,30,31). The Morgan fingerprint density at radius 2 is 1.97 bits per heavy atom. The van der Waals surface area contributed by atoms with Crippen LogP contribution >= 0.6 is 0 Å². The van der Waals surface area contributed by atoms with E-state index in [2.05, 4.69) is 61.3 Å². The van der Waals surface area contributed by atoms with Crippen molar-refractivity contribution in [3.05, 3.63) is 73.3 Å². The Bertz CT molecular complexity index is 1390. The van der Waals surface area contributed by atoms with Crippen LogP contribution in [-0.4, -0.2) is 25.1 Å². The second kappa shape index (κ2) is 7.09. The minimum Gasteiger partial charge on any atom is -0.358 e. The third-order valence-corrected chi connectivity index (χ3v) is 6.18. The molecule has 1 aliphatic rings. The van der Waals surface area contributed by atoms with Crippen molar-refractivity contribution in [2.24, 2.45) is 5.92 Å². The number of hydrogen-bond donors (Lipinski definition) is 3. The molecule has 31 heavy (non-hydrogen) atoms. The lowest BCUT2D eigenvalue weighted by molar-refractivity contribution is 0.371. The lowest BCUT2D eigenvalue weighted by atomic mass is 9.83. The van der Waals surface area contributed by atoms with Crippen LogP contribution in [0.25, 0.3) is 44.5 Å². The molecule has 3 N–H and O–H groups in total. The van der Waals surface area contributed by atoms with Crippen molar-refractivity contribution in [3.63, 3.8) is 0 Å². The predicted octanol–water partition coefficient (Wildman–Crippen LogP) is 5.89. The first-order chi connectivity index (χ1) is 15.2. The van der Waals surface area contributed by atoms with Crippen LogP contribution in [-0.2, 0) is 0 Å². The molecule has 4 aromatic heterocycles. The normalized spacial score (nSPS) is 14.1. The average Bonchev–Trinajstić information content (AvgIpc) is 3.36. The zero-order chi connectivity index (χ0) is 20.8. The minimum atomic E-state index is 0.583. The Kier molecular flexibility index (Phi) is 4.09. The quantitative estimate of drug-likeness (QED) is 0.340. The average molecular weight is 406 g/mol. The fraction of sp³-hybridized carbons (Fsp3) is 0.160. The van der Waals surface area contributed by atoms with Crippen molar-refractivity contribution < 1.29 is 0 Å². The second-order valence-electron chi connectivity index (χ2n) is 8.19. The van der Waals surface area contributed by atoms with Gasteiger partial charge in [0, 0.05) is 29.0 Å². The molecule has 1 aromatic carbocycles. The number of fused-ring (bicyclic) bond motifs is 2. The first kappa shape index (κ1) is 17.9. The van der Waals surface area contributed by atoms with E-state index in [1.165, 1.54) is 19.3 Å². The minimum absolute atomic E-state index is 0.583. The third-order valence-electron chi connectivity index (χ3n) is 6.18. The van der Waals surface area contributed by atoms with E-state index in [-0.39, 0.29) is 0 Å². The molecule has 0 amide bonds. The summed E-state index contributed by atoms with van der Waals surface area (Å²) in [5.74, 6) is 0.583. The number of rotatable bonds is 5. The van der Waals surface area contributed by atoms with E-state index in [0.29, 0.717) is 5.92 Å². The van der Waals surface area contributed by atoms with Crippen molar-refractivity contribution in [2.75, 3.05) is 5.32 Å². The molecule has 0 atom stereocenters. The van der Waals surface area contributed by atoms with Crippen LogP contribution in [0.5, 0.6) is 0 Å². The van der Waals surface area contributed by atoms with Crippen molar-refractivity contribution in [3.8, 4) is 22.5 Å². The van der Waals surface area contributed by atoms with Crippen molar-refractivity contribution in [1.29, 1.82) is 0 Å². The molecule has 6 heteroatoms. The summed E-state index contributed by atoms with van der Waals surface area (Å²) in [6.45, 7) is 4.21. The number of nitrogens with zero attached hydrogens (tertiary/aromatic N) is 3. The molecule has 152 valence electrons. The molecule has 1 saturated carbocycles. The van der Waals surface area contributed by atoms with Gasteiger partial charge in [-0.3, -0.25) is 15.1 Å². The highest BCUT2D eigenvalue weighted by Gasteiger charge is 2.20. The molecule has 6 rings (SSSR count). The van der Waals surface area contributed by atoms with Gasteiger partial charge in [-0.05, 0) is 60.7 Å². The Hall–Kier alpha value is -3.93. The summed E-state index contributed by atoms with van der Waals surface area (Å²) in [4.78, 5) is 12.3. The van der Waals surface area contributed by atoms with Crippen LogP contribution in [0.2, 0.25) is 0 Å². The van der Waals surface area contributed by atoms with Crippen molar-refractivity contribution >= 4 is 27.6 Å². The summed E-state index contributed by atoms with van der Waals surface area (Å²) < 4.78 is 0. The maximum absolute atomic E-state index is 4.56. The lowest BCUT2D eigenvalue weighted by Crippen LogP contribution is -2.18. The molecule has 1 fully saturated rings. The number of benzene rings is 1. The van der Waals surface area contributed by atoms with E-state index in [9.17, 15) is 0 Å². The number of pyridine rings is 2. The van der Waals surface area contributed by atoms with Crippen LogP contribution < -0.4 is 5.32 Å². The number of aromatic amines is 2. The van der Waals surface area contributed by atoms with Gasteiger partial charge in [0.05, 0.1) is 34.1 Å². The monoisotopic (exact) mass is 406 g/mol. The number of anilines is 1. The van der Waals surface area contributed by atoms with Crippen molar-refractivity contribution in [2.45, 2.75) is 19.3 Å². The van der Waals surface area contributed by atoms with Gasteiger partial charge in [-0.2, -0.15) is 5.10 Å². The molecular weight excluding hydrogens is 384 g/mol. The zero-order valence-corrected chi connectivity index (χ0v) is 17.0. The first-order valence-electron chi connectivity index (χ1n) is 10.6. The largest absolute Gasteiger partial charge is 0.358 e. The molecular formula is C25H22N6. The maximum Gasteiger partial charge on any atom is 0.116 e. The van der Waals surface area contributed by atoms with E-state index >= 15 is 0 Å². The Morgan fingerprint density at radius 1 is 1.03 bits per heavy atom. The zero-order valence-electron chi connectivity index (χ0n) is 17.0. The summed E-state index contributed by atoms with van der Waals surface area (Å²) in [7, 11) is 0. The molecule has 0 unspecified atom stereocenters. The highest BCUT2D eigenvalue weighted by atomic mass is 15.1. The fourth-order valence-electron chi connectivity index (χ4n) is 4.19. The number of nitrogens with one attached hydrogen (secondary N) is 3. The van der Waals surface area contributed by atoms with Gasteiger partial charge in [-0.1, -0.05) is 19.1 Å². The van der Waals surface area contributed by atoms with Gasteiger partial charge in [0.15, 0.2) is 0 Å². The van der Waals surface area contributed by atoms with Crippen LogP contribution in [0.15, 0.2) is 73.3 Å². The summed E-state index contributed by atoms with van der Waals surface area (Å²) in [6, 6.07) is 14.4.